The number of esters is 1. The summed E-state index contributed by atoms with van der Waals surface area (Å²) in [7, 11) is -3.77. The van der Waals surface area contributed by atoms with Crippen LogP contribution in [0.4, 0.5) is 0 Å². The van der Waals surface area contributed by atoms with Crippen molar-refractivity contribution in [2.45, 2.75) is 31.3 Å². The molecule has 1 atom stereocenters. The molecular formula is C23H24N2O6S. The highest BCUT2D eigenvalue weighted by Gasteiger charge is 2.17. The fourth-order valence-corrected chi connectivity index (χ4v) is 4.07. The maximum atomic E-state index is 12.3. The number of hydrogen-bond donors (Lipinski definition) is 2. The third-order valence-corrected chi connectivity index (χ3v) is 6.20. The van der Waals surface area contributed by atoms with Crippen molar-refractivity contribution >= 4 is 21.9 Å². The van der Waals surface area contributed by atoms with Gasteiger partial charge in [-0.3, -0.25) is 4.79 Å². The molecule has 32 heavy (non-hydrogen) atoms. The molecule has 0 radical (unpaired) electrons. The third kappa shape index (κ3) is 6.05. The molecule has 1 heterocycles. The number of carbonyl (C=O) groups excluding carboxylic acids is 2. The number of aryl methyl sites for hydroxylation is 1. The molecule has 0 unspecified atom stereocenters. The maximum absolute atomic E-state index is 12.3. The van der Waals surface area contributed by atoms with Gasteiger partial charge in [0.05, 0.1) is 29.3 Å². The molecule has 0 aliphatic rings. The molecule has 0 saturated heterocycles. The zero-order chi connectivity index (χ0) is 23.1. The van der Waals surface area contributed by atoms with Crippen molar-refractivity contribution in [2.75, 3.05) is 6.61 Å². The third-order valence-electron chi connectivity index (χ3n) is 4.78. The van der Waals surface area contributed by atoms with Crippen molar-refractivity contribution < 1.29 is 27.2 Å². The van der Waals surface area contributed by atoms with Crippen LogP contribution in [0.3, 0.4) is 0 Å². The molecular weight excluding hydrogens is 432 g/mol. The van der Waals surface area contributed by atoms with Gasteiger partial charge in [0.15, 0.2) is 6.61 Å². The van der Waals surface area contributed by atoms with Gasteiger partial charge in [0.25, 0.3) is 5.91 Å². The van der Waals surface area contributed by atoms with E-state index in [9.17, 15) is 18.0 Å². The van der Waals surface area contributed by atoms with Crippen LogP contribution in [0.25, 0.3) is 0 Å². The lowest BCUT2D eigenvalue weighted by atomic mass is 10.0. The van der Waals surface area contributed by atoms with E-state index < -0.39 is 28.5 Å². The Labute approximate surface area is 186 Å². The highest BCUT2D eigenvalue weighted by molar-refractivity contribution is 7.89. The number of amides is 1. The summed E-state index contributed by atoms with van der Waals surface area (Å²) in [4.78, 5) is 24.4. The average molecular weight is 457 g/mol. The van der Waals surface area contributed by atoms with Gasteiger partial charge in [0.2, 0.25) is 10.0 Å². The van der Waals surface area contributed by atoms with Crippen molar-refractivity contribution in [3.05, 3.63) is 89.4 Å². The molecule has 1 amide bonds. The summed E-state index contributed by atoms with van der Waals surface area (Å²) in [6.07, 6.45) is 1.45. The van der Waals surface area contributed by atoms with Crippen LogP contribution < -0.4 is 10.0 Å². The predicted octanol–water partition coefficient (Wildman–Crippen LogP) is 3.10. The van der Waals surface area contributed by atoms with E-state index in [-0.39, 0.29) is 23.0 Å². The SMILES string of the molecule is Cc1ccccc1[C@@H](C)NC(=O)COC(=O)c1ccc(S(=O)(=O)NCc2ccco2)cc1. The summed E-state index contributed by atoms with van der Waals surface area (Å²) >= 11 is 0. The van der Waals surface area contributed by atoms with Crippen LogP contribution in [0.15, 0.2) is 76.2 Å². The van der Waals surface area contributed by atoms with Crippen LogP contribution in [0.2, 0.25) is 0 Å². The first kappa shape index (κ1) is 23.2. The van der Waals surface area contributed by atoms with Gasteiger partial charge in [-0.1, -0.05) is 24.3 Å². The van der Waals surface area contributed by atoms with Gasteiger partial charge in [-0.05, 0) is 61.4 Å². The fraction of sp³-hybridized carbons (Fsp3) is 0.217. The van der Waals surface area contributed by atoms with Gasteiger partial charge in [-0.2, -0.15) is 0 Å². The Morgan fingerprint density at radius 2 is 1.75 bits per heavy atom. The summed E-state index contributed by atoms with van der Waals surface area (Å²) in [6.45, 7) is 3.37. The first-order chi connectivity index (χ1) is 15.3. The first-order valence-corrected chi connectivity index (χ1v) is 11.4. The minimum atomic E-state index is -3.77. The van der Waals surface area contributed by atoms with Crippen LogP contribution in [-0.2, 0) is 26.1 Å². The minimum absolute atomic E-state index is 0.00888. The molecule has 8 nitrogen and oxygen atoms in total. The Morgan fingerprint density at radius 1 is 1.03 bits per heavy atom. The molecule has 0 aliphatic carbocycles. The van der Waals surface area contributed by atoms with Crippen LogP contribution in [0.1, 0.15) is 40.2 Å². The van der Waals surface area contributed by atoms with Crippen molar-refractivity contribution in [1.29, 1.82) is 0 Å². The Balaban J connectivity index is 1.52. The molecule has 2 N–H and O–H groups in total. The smallest absolute Gasteiger partial charge is 0.338 e. The number of rotatable bonds is 9. The van der Waals surface area contributed by atoms with Gasteiger partial charge >= 0.3 is 5.97 Å². The van der Waals surface area contributed by atoms with Crippen molar-refractivity contribution in [3.63, 3.8) is 0 Å². The number of hydrogen-bond acceptors (Lipinski definition) is 6. The molecule has 0 aliphatic heterocycles. The van der Waals surface area contributed by atoms with E-state index in [1.807, 2.05) is 38.1 Å². The second-order valence-corrected chi connectivity index (χ2v) is 8.92. The average Bonchev–Trinajstić information content (AvgIpc) is 3.30. The molecule has 0 saturated carbocycles. The summed E-state index contributed by atoms with van der Waals surface area (Å²) in [5, 5.41) is 2.79. The van der Waals surface area contributed by atoms with E-state index >= 15 is 0 Å². The van der Waals surface area contributed by atoms with Crippen molar-refractivity contribution in [1.82, 2.24) is 10.0 Å². The summed E-state index contributed by atoms with van der Waals surface area (Å²) in [5.74, 6) is -0.685. The molecule has 3 aromatic rings. The Morgan fingerprint density at radius 3 is 2.41 bits per heavy atom. The first-order valence-electron chi connectivity index (χ1n) is 9.90. The molecule has 0 fully saturated rings. The molecule has 1 aromatic heterocycles. The largest absolute Gasteiger partial charge is 0.468 e. The lowest BCUT2D eigenvalue weighted by molar-refractivity contribution is -0.124. The second kappa shape index (κ2) is 10.3. The molecule has 0 spiro atoms. The van der Waals surface area contributed by atoms with E-state index in [4.69, 9.17) is 9.15 Å². The van der Waals surface area contributed by atoms with Crippen LogP contribution >= 0.6 is 0 Å². The normalized spacial score (nSPS) is 12.2. The number of nitrogens with one attached hydrogen (secondary N) is 2. The quantitative estimate of drug-likeness (QED) is 0.478. The molecule has 2 aromatic carbocycles. The zero-order valence-electron chi connectivity index (χ0n) is 17.7. The predicted molar refractivity (Wildman–Crippen MR) is 117 cm³/mol. The van der Waals surface area contributed by atoms with E-state index in [2.05, 4.69) is 10.0 Å². The number of ether oxygens (including phenoxy) is 1. The second-order valence-electron chi connectivity index (χ2n) is 7.15. The molecule has 3 rings (SSSR count). The van der Waals surface area contributed by atoms with Crippen LogP contribution in [-0.4, -0.2) is 26.9 Å². The van der Waals surface area contributed by atoms with Gasteiger partial charge in [0, 0.05) is 0 Å². The van der Waals surface area contributed by atoms with Gasteiger partial charge in [-0.15, -0.1) is 0 Å². The summed E-state index contributed by atoms with van der Waals surface area (Å²) < 4.78 is 37.2. The standard InChI is InChI=1S/C23H24N2O6S/c1-16-6-3-4-8-21(16)17(2)25-22(26)15-31-23(27)18-9-11-20(12-10-18)32(28,29)24-14-19-7-5-13-30-19/h3-13,17,24H,14-15H2,1-2H3,(H,25,26)/t17-/m1/s1. The van der Waals surface area contributed by atoms with Crippen LogP contribution in [0, 0.1) is 6.92 Å². The number of carbonyl (C=O) groups is 2. The number of furan rings is 1. The van der Waals surface area contributed by atoms with E-state index in [0.717, 1.165) is 11.1 Å². The number of sulfonamides is 1. The summed E-state index contributed by atoms with van der Waals surface area (Å²) in [5.41, 5.74) is 2.16. The Kier molecular flexibility index (Phi) is 7.45. The van der Waals surface area contributed by atoms with Gasteiger partial charge < -0.3 is 14.5 Å². The minimum Gasteiger partial charge on any atom is -0.468 e. The zero-order valence-corrected chi connectivity index (χ0v) is 18.5. The summed E-state index contributed by atoms with van der Waals surface area (Å²) in [6, 6.07) is 16.0. The number of benzene rings is 2. The Hall–Kier alpha value is -3.43. The lowest BCUT2D eigenvalue weighted by Gasteiger charge is -2.16. The molecule has 168 valence electrons. The van der Waals surface area contributed by atoms with Crippen molar-refractivity contribution in [2.24, 2.45) is 0 Å². The monoisotopic (exact) mass is 456 g/mol. The highest BCUT2D eigenvalue weighted by Crippen LogP contribution is 2.16. The maximum Gasteiger partial charge on any atom is 0.338 e. The molecule has 0 bridgehead atoms. The fourth-order valence-electron chi connectivity index (χ4n) is 3.08. The van der Waals surface area contributed by atoms with E-state index in [1.54, 1.807) is 12.1 Å². The molecule has 9 heteroatoms. The van der Waals surface area contributed by atoms with E-state index in [1.165, 1.54) is 30.5 Å². The van der Waals surface area contributed by atoms with Gasteiger partial charge in [-0.25, -0.2) is 17.9 Å². The highest BCUT2D eigenvalue weighted by atomic mass is 32.2. The Bertz CT molecular complexity index is 1170. The van der Waals surface area contributed by atoms with Crippen LogP contribution in [0.5, 0.6) is 0 Å². The topological polar surface area (TPSA) is 115 Å². The van der Waals surface area contributed by atoms with E-state index in [0.29, 0.717) is 5.76 Å². The lowest BCUT2D eigenvalue weighted by Crippen LogP contribution is -2.31. The van der Waals surface area contributed by atoms with Crippen molar-refractivity contribution in [3.8, 4) is 0 Å². The van der Waals surface area contributed by atoms with Gasteiger partial charge in [0.1, 0.15) is 5.76 Å².